The molecular weight excluding hydrogens is 354 g/mol. The second kappa shape index (κ2) is 7.91. The third kappa shape index (κ3) is 3.63. The molecule has 4 rings (SSSR count). The minimum atomic E-state index is 0.134. The molecule has 1 amide bonds. The first-order valence-corrected chi connectivity index (χ1v) is 10.1. The molecule has 7 nitrogen and oxygen atoms in total. The number of aromatic nitrogens is 3. The Morgan fingerprint density at radius 1 is 1.21 bits per heavy atom. The van der Waals surface area contributed by atoms with E-state index in [2.05, 4.69) is 44.8 Å². The molecule has 0 saturated carbocycles. The van der Waals surface area contributed by atoms with E-state index >= 15 is 0 Å². The maximum absolute atomic E-state index is 11.8. The van der Waals surface area contributed by atoms with Gasteiger partial charge in [0.1, 0.15) is 17.4 Å². The van der Waals surface area contributed by atoms with Crippen LogP contribution in [0.1, 0.15) is 48.6 Å². The van der Waals surface area contributed by atoms with E-state index in [1.54, 1.807) is 14.0 Å². The molecule has 0 bridgehead atoms. The normalized spacial score (nSPS) is 20.1. The fourth-order valence-electron chi connectivity index (χ4n) is 4.42. The smallest absolute Gasteiger partial charge is 0.219 e. The van der Waals surface area contributed by atoms with Crippen LogP contribution in [0.2, 0.25) is 0 Å². The monoisotopic (exact) mass is 383 g/mol. The first kappa shape index (κ1) is 18.9. The minimum absolute atomic E-state index is 0.134. The van der Waals surface area contributed by atoms with E-state index in [-0.39, 0.29) is 11.9 Å². The summed E-state index contributed by atoms with van der Waals surface area (Å²) in [5.41, 5.74) is 2.41. The van der Waals surface area contributed by atoms with Crippen LogP contribution in [0.25, 0.3) is 0 Å². The molecule has 3 heterocycles. The van der Waals surface area contributed by atoms with Gasteiger partial charge in [0, 0.05) is 45.1 Å². The molecule has 0 N–H and O–H groups in total. The molecule has 0 spiro atoms. The van der Waals surface area contributed by atoms with E-state index in [9.17, 15) is 4.79 Å². The van der Waals surface area contributed by atoms with Gasteiger partial charge in [-0.3, -0.25) is 9.69 Å². The number of rotatable bonds is 4. The molecule has 1 aromatic carbocycles. The number of amides is 1. The molecule has 150 valence electrons. The highest BCUT2D eigenvalue weighted by Crippen LogP contribution is 2.34. The Morgan fingerprint density at radius 3 is 2.86 bits per heavy atom. The fraction of sp³-hybridized carbons (Fsp3) is 0.571. The molecule has 2 aromatic rings. The summed E-state index contributed by atoms with van der Waals surface area (Å²) in [6.45, 7) is 7.84. The third-order valence-corrected chi connectivity index (χ3v) is 5.98. The van der Waals surface area contributed by atoms with Gasteiger partial charge in [0.15, 0.2) is 0 Å². The van der Waals surface area contributed by atoms with Gasteiger partial charge in [-0.25, -0.2) is 0 Å². The molecular formula is C21H29N5O2. The highest BCUT2D eigenvalue weighted by atomic mass is 16.5. The van der Waals surface area contributed by atoms with Crippen molar-refractivity contribution < 1.29 is 9.53 Å². The number of benzene rings is 1. The Bertz CT molecular complexity index is 862. The number of likely N-dealkylation sites (tertiary alicyclic amines) is 1. The topological polar surface area (TPSA) is 63.5 Å². The second-order valence-corrected chi connectivity index (χ2v) is 7.83. The summed E-state index contributed by atoms with van der Waals surface area (Å²) in [5.74, 6) is 3.12. The second-order valence-electron chi connectivity index (χ2n) is 7.83. The standard InChI is InChI=1S/C21H29N5O2/c1-15-6-7-17(19(13-15)28-3)14-25-9-4-5-18(25)21-23-22-20-8-10-24(16(2)27)11-12-26(20)21/h6-7,13,18H,4-5,8-12,14H2,1-3H3/t18-/m1/s1. The van der Waals surface area contributed by atoms with Crippen molar-refractivity contribution in [2.24, 2.45) is 0 Å². The molecule has 1 fully saturated rings. The van der Waals surface area contributed by atoms with Crippen LogP contribution in [0.5, 0.6) is 5.75 Å². The number of hydrogen-bond donors (Lipinski definition) is 0. The first-order chi connectivity index (χ1) is 13.6. The third-order valence-electron chi connectivity index (χ3n) is 5.98. The summed E-state index contributed by atoms with van der Waals surface area (Å²) in [5, 5.41) is 9.04. The number of fused-ring (bicyclic) bond motifs is 1. The van der Waals surface area contributed by atoms with Crippen LogP contribution in [0.15, 0.2) is 18.2 Å². The Labute approximate surface area is 166 Å². The summed E-state index contributed by atoms with van der Waals surface area (Å²) in [6, 6.07) is 6.66. The lowest BCUT2D eigenvalue weighted by Crippen LogP contribution is -2.32. The molecule has 0 aliphatic carbocycles. The van der Waals surface area contributed by atoms with Crippen molar-refractivity contribution in [1.82, 2.24) is 24.6 Å². The minimum Gasteiger partial charge on any atom is -0.496 e. The van der Waals surface area contributed by atoms with E-state index in [1.165, 1.54) is 11.1 Å². The van der Waals surface area contributed by atoms with Crippen molar-refractivity contribution in [3.63, 3.8) is 0 Å². The van der Waals surface area contributed by atoms with Gasteiger partial charge in [-0.05, 0) is 37.9 Å². The predicted molar refractivity (Wildman–Crippen MR) is 106 cm³/mol. The number of carbonyl (C=O) groups excluding carboxylic acids is 1. The van der Waals surface area contributed by atoms with E-state index in [0.29, 0.717) is 0 Å². The molecule has 28 heavy (non-hydrogen) atoms. The van der Waals surface area contributed by atoms with Crippen molar-refractivity contribution in [3.8, 4) is 5.75 Å². The molecule has 0 radical (unpaired) electrons. The van der Waals surface area contributed by atoms with Crippen LogP contribution in [-0.2, 0) is 24.3 Å². The molecule has 1 atom stereocenters. The highest BCUT2D eigenvalue weighted by Gasteiger charge is 2.32. The SMILES string of the molecule is COc1cc(C)ccc1CN1CCC[C@@H]1c1nnc2n1CCN(C(C)=O)CC2. The van der Waals surface area contributed by atoms with Crippen LogP contribution >= 0.6 is 0 Å². The Balaban J connectivity index is 1.56. The van der Waals surface area contributed by atoms with Crippen molar-refractivity contribution in [2.45, 2.75) is 52.2 Å². The van der Waals surface area contributed by atoms with Crippen LogP contribution in [0.4, 0.5) is 0 Å². The lowest BCUT2D eigenvalue weighted by atomic mass is 10.1. The van der Waals surface area contributed by atoms with Crippen LogP contribution in [0.3, 0.4) is 0 Å². The van der Waals surface area contributed by atoms with Gasteiger partial charge >= 0.3 is 0 Å². The Kier molecular flexibility index (Phi) is 5.35. The van der Waals surface area contributed by atoms with E-state index in [4.69, 9.17) is 4.74 Å². The number of nitrogens with zero attached hydrogens (tertiary/aromatic N) is 5. The van der Waals surface area contributed by atoms with Crippen molar-refractivity contribution in [2.75, 3.05) is 26.7 Å². The lowest BCUT2D eigenvalue weighted by molar-refractivity contribution is -0.128. The van der Waals surface area contributed by atoms with Crippen molar-refractivity contribution in [3.05, 3.63) is 41.0 Å². The zero-order valence-electron chi connectivity index (χ0n) is 17.0. The molecule has 7 heteroatoms. The summed E-state index contributed by atoms with van der Waals surface area (Å²) >= 11 is 0. The van der Waals surface area contributed by atoms with Gasteiger partial charge in [0.05, 0.1) is 13.2 Å². The number of hydrogen-bond acceptors (Lipinski definition) is 5. The molecule has 1 aromatic heterocycles. The lowest BCUT2D eigenvalue weighted by Gasteiger charge is -2.25. The molecule has 0 unspecified atom stereocenters. The zero-order chi connectivity index (χ0) is 19.7. The first-order valence-electron chi connectivity index (χ1n) is 10.1. The van der Waals surface area contributed by atoms with Gasteiger partial charge in [-0.2, -0.15) is 0 Å². The number of ether oxygens (including phenoxy) is 1. The van der Waals surface area contributed by atoms with E-state index < -0.39 is 0 Å². The maximum atomic E-state index is 11.8. The zero-order valence-corrected chi connectivity index (χ0v) is 17.0. The Morgan fingerprint density at radius 2 is 2.07 bits per heavy atom. The predicted octanol–water partition coefficient (Wildman–Crippen LogP) is 2.34. The highest BCUT2D eigenvalue weighted by molar-refractivity contribution is 5.73. The summed E-state index contributed by atoms with van der Waals surface area (Å²) in [4.78, 5) is 16.2. The maximum Gasteiger partial charge on any atom is 0.219 e. The quantitative estimate of drug-likeness (QED) is 0.811. The Hall–Kier alpha value is -2.41. The summed E-state index contributed by atoms with van der Waals surface area (Å²) in [6.07, 6.45) is 3.01. The van der Waals surface area contributed by atoms with Crippen LogP contribution in [-0.4, -0.2) is 57.2 Å². The number of carbonyl (C=O) groups is 1. The van der Waals surface area contributed by atoms with Gasteiger partial charge < -0.3 is 14.2 Å². The van der Waals surface area contributed by atoms with Gasteiger partial charge in [0.25, 0.3) is 0 Å². The number of aryl methyl sites for hydroxylation is 1. The molecule has 2 aliphatic rings. The van der Waals surface area contributed by atoms with Crippen molar-refractivity contribution in [1.29, 1.82) is 0 Å². The summed E-state index contributed by atoms with van der Waals surface area (Å²) in [7, 11) is 1.74. The van der Waals surface area contributed by atoms with Gasteiger partial charge in [-0.1, -0.05) is 12.1 Å². The number of methoxy groups -OCH3 is 1. The fourth-order valence-corrected chi connectivity index (χ4v) is 4.42. The van der Waals surface area contributed by atoms with Gasteiger partial charge in [-0.15, -0.1) is 10.2 Å². The summed E-state index contributed by atoms with van der Waals surface area (Å²) < 4.78 is 7.85. The van der Waals surface area contributed by atoms with Gasteiger partial charge in [0.2, 0.25) is 5.91 Å². The van der Waals surface area contributed by atoms with Crippen LogP contribution < -0.4 is 4.74 Å². The van der Waals surface area contributed by atoms with E-state index in [1.807, 2.05) is 4.90 Å². The van der Waals surface area contributed by atoms with E-state index in [0.717, 1.165) is 69.4 Å². The van der Waals surface area contributed by atoms with Crippen LogP contribution in [0, 0.1) is 6.92 Å². The molecule has 2 aliphatic heterocycles. The molecule has 1 saturated heterocycles. The largest absolute Gasteiger partial charge is 0.496 e. The van der Waals surface area contributed by atoms with Crippen molar-refractivity contribution >= 4 is 5.91 Å². The average molecular weight is 383 g/mol. The average Bonchev–Trinajstić information content (AvgIpc) is 3.23.